The maximum atomic E-state index is 14.3. The molecule has 1 aliphatic rings. The van der Waals surface area contributed by atoms with Gasteiger partial charge in [-0.25, -0.2) is 9.18 Å². The monoisotopic (exact) mass is 369 g/mol. The largest absolute Gasteiger partial charge is 0.367 e. The molecule has 7 nitrogen and oxygen atoms in total. The maximum absolute atomic E-state index is 14.3. The third-order valence-corrected chi connectivity index (χ3v) is 4.89. The quantitative estimate of drug-likeness (QED) is 0.654. The molecule has 0 bridgehead atoms. The second-order valence-corrected chi connectivity index (χ2v) is 6.68. The number of piperazine rings is 1. The minimum atomic E-state index is -0.382. The summed E-state index contributed by atoms with van der Waals surface area (Å²) >= 11 is 0. The average Bonchev–Trinajstić information content (AvgIpc) is 2.98. The maximum Gasteiger partial charge on any atom is 0.351 e. The number of benzene rings is 1. The fourth-order valence-corrected chi connectivity index (χ4v) is 3.36. The lowest BCUT2D eigenvalue weighted by molar-refractivity contribution is 0.101. The molecule has 2 aromatic heterocycles. The molecule has 8 heteroatoms. The number of fused-ring (bicyclic) bond motifs is 1. The molecule has 0 aliphatic carbocycles. The molecular formula is C19H20FN5O2. The molecule has 3 aromatic rings. The zero-order chi connectivity index (χ0) is 19.0. The Morgan fingerprint density at radius 2 is 1.93 bits per heavy atom. The Morgan fingerprint density at radius 1 is 1.15 bits per heavy atom. The van der Waals surface area contributed by atoms with Crippen molar-refractivity contribution in [1.82, 2.24) is 19.1 Å². The van der Waals surface area contributed by atoms with E-state index in [4.69, 9.17) is 0 Å². The topological polar surface area (TPSA) is 62.9 Å². The summed E-state index contributed by atoms with van der Waals surface area (Å²) in [5, 5.41) is 4.34. The minimum Gasteiger partial charge on any atom is -0.367 e. The number of halogens is 1. The van der Waals surface area contributed by atoms with Gasteiger partial charge in [-0.1, -0.05) is 6.07 Å². The second-order valence-electron chi connectivity index (χ2n) is 6.68. The van der Waals surface area contributed by atoms with Gasteiger partial charge in [-0.2, -0.15) is 4.68 Å². The first kappa shape index (κ1) is 17.4. The van der Waals surface area contributed by atoms with Crippen molar-refractivity contribution in [3.05, 3.63) is 64.5 Å². The number of rotatable bonds is 4. The number of ketones is 1. The van der Waals surface area contributed by atoms with E-state index in [2.05, 4.69) is 10.00 Å². The molecule has 27 heavy (non-hydrogen) atoms. The van der Waals surface area contributed by atoms with Crippen LogP contribution in [0.1, 0.15) is 17.3 Å². The van der Waals surface area contributed by atoms with Gasteiger partial charge in [-0.05, 0) is 37.3 Å². The fraction of sp³-hybridized carbons (Fsp3) is 0.316. The van der Waals surface area contributed by atoms with Gasteiger partial charge in [0.1, 0.15) is 5.82 Å². The first-order chi connectivity index (χ1) is 13.0. The van der Waals surface area contributed by atoms with E-state index in [-0.39, 0.29) is 17.3 Å². The van der Waals surface area contributed by atoms with Gasteiger partial charge in [-0.3, -0.25) is 14.1 Å². The number of Topliss-reactive ketones (excluding diaryl/α,β-unsaturated/α-hetero) is 1. The normalized spacial score (nSPS) is 15.4. The van der Waals surface area contributed by atoms with E-state index in [1.54, 1.807) is 30.5 Å². The number of anilines is 1. The van der Waals surface area contributed by atoms with Crippen molar-refractivity contribution in [2.75, 3.05) is 31.1 Å². The van der Waals surface area contributed by atoms with E-state index >= 15 is 0 Å². The molecule has 0 atom stereocenters. The van der Waals surface area contributed by atoms with Gasteiger partial charge >= 0.3 is 5.69 Å². The predicted molar refractivity (Wildman–Crippen MR) is 99.6 cm³/mol. The second kappa shape index (κ2) is 6.96. The summed E-state index contributed by atoms with van der Waals surface area (Å²) < 4.78 is 17.3. The summed E-state index contributed by atoms with van der Waals surface area (Å²) in [6, 6.07) is 10.0. The number of hydrogen-bond acceptors (Lipinski definition) is 5. The number of pyridine rings is 1. The van der Waals surface area contributed by atoms with Crippen molar-refractivity contribution >= 4 is 17.1 Å². The van der Waals surface area contributed by atoms with Crippen molar-refractivity contribution < 1.29 is 9.18 Å². The molecule has 0 amide bonds. The lowest BCUT2D eigenvalue weighted by Crippen LogP contribution is -2.48. The Labute approximate surface area is 155 Å². The van der Waals surface area contributed by atoms with Crippen molar-refractivity contribution in [3.63, 3.8) is 0 Å². The molecule has 1 aliphatic heterocycles. The van der Waals surface area contributed by atoms with E-state index in [9.17, 15) is 14.0 Å². The smallest absolute Gasteiger partial charge is 0.351 e. The minimum absolute atomic E-state index is 0.150. The number of hydrogen-bond donors (Lipinski definition) is 0. The van der Waals surface area contributed by atoms with Crippen LogP contribution >= 0.6 is 0 Å². The highest BCUT2D eigenvalue weighted by Gasteiger charge is 2.21. The molecule has 0 N–H and O–H groups in total. The van der Waals surface area contributed by atoms with Crippen LogP contribution in [-0.4, -0.2) is 51.0 Å². The Kier molecular flexibility index (Phi) is 4.49. The van der Waals surface area contributed by atoms with Crippen LogP contribution in [0.4, 0.5) is 10.1 Å². The number of carbonyl (C=O) groups is 1. The molecule has 140 valence electrons. The molecule has 0 unspecified atom stereocenters. The lowest BCUT2D eigenvalue weighted by atomic mass is 10.1. The van der Waals surface area contributed by atoms with Gasteiger partial charge in [0.25, 0.3) is 0 Å². The highest BCUT2D eigenvalue weighted by atomic mass is 19.1. The third-order valence-electron chi connectivity index (χ3n) is 4.89. The summed E-state index contributed by atoms with van der Waals surface area (Å²) in [5.74, 6) is -0.532. The summed E-state index contributed by atoms with van der Waals surface area (Å²) in [7, 11) is 0. The third kappa shape index (κ3) is 3.35. The highest BCUT2D eigenvalue weighted by Crippen LogP contribution is 2.22. The van der Waals surface area contributed by atoms with Crippen LogP contribution in [0.3, 0.4) is 0 Å². The van der Waals surface area contributed by atoms with Gasteiger partial charge < -0.3 is 4.90 Å². The molecule has 3 heterocycles. The van der Waals surface area contributed by atoms with Crippen molar-refractivity contribution in [2.45, 2.75) is 13.6 Å². The molecule has 1 aromatic carbocycles. The van der Waals surface area contributed by atoms with Gasteiger partial charge in [0.2, 0.25) is 0 Å². The molecule has 1 saturated heterocycles. The fourth-order valence-electron chi connectivity index (χ4n) is 3.36. The Balaban J connectivity index is 1.44. The van der Waals surface area contributed by atoms with Crippen LogP contribution in [0.5, 0.6) is 0 Å². The first-order valence-electron chi connectivity index (χ1n) is 8.85. The predicted octanol–water partition coefficient (Wildman–Crippen LogP) is 1.62. The van der Waals surface area contributed by atoms with Crippen molar-refractivity contribution in [2.24, 2.45) is 0 Å². The van der Waals surface area contributed by atoms with Gasteiger partial charge in [-0.15, -0.1) is 5.10 Å². The van der Waals surface area contributed by atoms with Crippen LogP contribution in [0.2, 0.25) is 0 Å². The van der Waals surface area contributed by atoms with E-state index in [0.29, 0.717) is 49.7 Å². The van der Waals surface area contributed by atoms with E-state index in [1.165, 1.54) is 22.1 Å². The van der Waals surface area contributed by atoms with Crippen LogP contribution in [0, 0.1) is 5.82 Å². The van der Waals surface area contributed by atoms with Crippen LogP contribution < -0.4 is 10.6 Å². The molecular weight excluding hydrogens is 349 g/mol. The molecule has 0 radical (unpaired) electrons. The summed E-state index contributed by atoms with van der Waals surface area (Å²) in [5.41, 5.74) is 1.33. The van der Waals surface area contributed by atoms with Crippen LogP contribution in [0.15, 0.2) is 47.4 Å². The Bertz CT molecular complexity index is 1050. The summed E-state index contributed by atoms with van der Waals surface area (Å²) in [4.78, 5) is 27.8. The number of nitrogens with zero attached hydrogens (tertiary/aromatic N) is 5. The first-order valence-corrected chi connectivity index (χ1v) is 8.85. The molecule has 1 fully saturated rings. The average molecular weight is 369 g/mol. The molecule has 0 spiro atoms. The number of aromatic nitrogens is 3. The standard InChI is InChI=1S/C19H20FN5O2/c1-14(26)15-5-6-17(16(20)12-15)23-10-8-22(9-11-23)13-25-19(27)24-7-3-2-4-18(24)21-25/h2-7,12H,8-11,13H2,1H3. The van der Waals surface area contributed by atoms with Gasteiger partial charge in [0.15, 0.2) is 11.4 Å². The highest BCUT2D eigenvalue weighted by molar-refractivity contribution is 5.94. The number of carbonyl (C=O) groups excluding carboxylic acids is 1. The van der Waals surface area contributed by atoms with Gasteiger partial charge in [0.05, 0.1) is 12.4 Å². The lowest BCUT2D eigenvalue weighted by Gasteiger charge is -2.35. The Hall–Kier alpha value is -3.00. The van der Waals surface area contributed by atoms with Crippen LogP contribution in [-0.2, 0) is 6.67 Å². The van der Waals surface area contributed by atoms with Crippen molar-refractivity contribution in [3.8, 4) is 0 Å². The summed E-state index contributed by atoms with van der Waals surface area (Å²) in [6.07, 6.45) is 1.70. The SMILES string of the molecule is CC(=O)c1ccc(N2CCN(Cn3nc4ccccn4c3=O)CC2)c(F)c1. The van der Waals surface area contributed by atoms with E-state index < -0.39 is 0 Å². The van der Waals surface area contributed by atoms with Crippen LogP contribution in [0.25, 0.3) is 5.65 Å². The van der Waals surface area contributed by atoms with Gasteiger partial charge in [0, 0.05) is 37.9 Å². The van der Waals surface area contributed by atoms with E-state index in [0.717, 1.165) is 0 Å². The Morgan fingerprint density at radius 3 is 2.59 bits per heavy atom. The zero-order valence-electron chi connectivity index (χ0n) is 15.0. The zero-order valence-corrected chi connectivity index (χ0v) is 15.0. The molecule has 4 rings (SSSR count). The van der Waals surface area contributed by atoms with E-state index in [1.807, 2.05) is 11.0 Å². The summed E-state index contributed by atoms with van der Waals surface area (Å²) in [6.45, 7) is 4.48. The molecule has 0 saturated carbocycles. The van der Waals surface area contributed by atoms with Crippen molar-refractivity contribution in [1.29, 1.82) is 0 Å².